The van der Waals surface area contributed by atoms with Gasteiger partial charge in [0.2, 0.25) is 0 Å². The lowest BCUT2D eigenvalue weighted by molar-refractivity contribution is -0.140. The molecular weight excluding hydrogens is 474 g/mol. The fourth-order valence-electron chi connectivity index (χ4n) is 3.69. The number of ether oxygens (including phenoxy) is 1. The zero-order chi connectivity index (χ0) is 22.7. The predicted molar refractivity (Wildman–Crippen MR) is 123 cm³/mol. The van der Waals surface area contributed by atoms with E-state index in [1.165, 1.54) is 11.2 Å². The van der Waals surface area contributed by atoms with E-state index in [-0.39, 0.29) is 17.9 Å². The third kappa shape index (κ3) is 4.34. The monoisotopic (exact) mass is 495 g/mol. The molecule has 1 aromatic heterocycles. The Hall–Kier alpha value is -3.32. The molecule has 4 rings (SSSR count). The standard InChI is InChI=1S/C25H22BrNO5/c1-2-13-31-19-11-7-16(8-12-19)22-21(23(28)17-5-9-18(26)10-6-17)24(29)25(30)27(22)15-20-4-3-14-32-20/h3-12,14,22,28H,2,13,15H2,1H3/t22-/m0/s1. The van der Waals surface area contributed by atoms with Gasteiger partial charge in [0.25, 0.3) is 11.7 Å². The Kier molecular flexibility index (Phi) is 6.46. The van der Waals surface area contributed by atoms with Gasteiger partial charge in [-0.15, -0.1) is 0 Å². The zero-order valence-corrected chi connectivity index (χ0v) is 19.0. The molecule has 3 aromatic rings. The maximum absolute atomic E-state index is 13.0. The first-order chi connectivity index (χ1) is 15.5. The van der Waals surface area contributed by atoms with Gasteiger partial charge in [-0.1, -0.05) is 47.1 Å². The molecule has 1 aliphatic heterocycles. The van der Waals surface area contributed by atoms with Crippen molar-refractivity contribution in [2.75, 3.05) is 6.61 Å². The minimum absolute atomic E-state index is 0.0473. The molecule has 0 unspecified atom stereocenters. The molecule has 0 bridgehead atoms. The maximum Gasteiger partial charge on any atom is 0.296 e. The van der Waals surface area contributed by atoms with Gasteiger partial charge in [0.1, 0.15) is 17.3 Å². The van der Waals surface area contributed by atoms with Gasteiger partial charge in [0, 0.05) is 10.0 Å². The summed E-state index contributed by atoms with van der Waals surface area (Å²) in [5, 5.41) is 11.1. The molecule has 1 fully saturated rings. The molecule has 7 heteroatoms. The van der Waals surface area contributed by atoms with Crippen molar-refractivity contribution < 1.29 is 23.8 Å². The Labute approximate surface area is 194 Å². The summed E-state index contributed by atoms with van der Waals surface area (Å²) in [6.07, 6.45) is 2.40. The van der Waals surface area contributed by atoms with E-state index in [2.05, 4.69) is 15.9 Å². The molecule has 164 valence electrons. The highest BCUT2D eigenvalue weighted by Gasteiger charge is 2.46. The van der Waals surface area contributed by atoms with Crippen LogP contribution in [0.2, 0.25) is 0 Å². The first-order valence-corrected chi connectivity index (χ1v) is 11.1. The van der Waals surface area contributed by atoms with Crippen LogP contribution in [0.1, 0.15) is 36.3 Å². The second-order valence-corrected chi connectivity index (χ2v) is 8.35. The lowest BCUT2D eigenvalue weighted by Gasteiger charge is -2.24. The molecule has 1 N–H and O–H groups in total. The average molecular weight is 496 g/mol. The SMILES string of the molecule is CCCOc1ccc([C@H]2C(=C(O)c3ccc(Br)cc3)C(=O)C(=O)N2Cc2ccco2)cc1. The van der Waals surface area contributed by atoms with E-state index in [9.17, 15) is 14.7 Å². The average Bonchev–Trinajstić information content (AvgIpc) is 3.40. The summed E-state index contributed by atoms with van der Waals surface area (Å²) in [6.45, 7) is 2.73. The zero-order valence-electron chi connectivity index (χ0n) is 17.5. The Morgan fingerprint density at radius 2 is 1.81 bits per heavy atom. The predicted octanol–water partition coefficient (Wildman–Crippen LogP) is 5.45. The lowest BCUT2D eigenvalue weighted by atomic mass is 9.95. The molecular formula is C25H22BrNO5. The van der Waals surface area contributed by atoms with Crippen molar-refractivity contribution in [3.8, 4) is 5.75 Å². The molecule has 1 aliphatic rings. The number of aliphatic hydroxyl groups is 1. The van der Waals surface area contributed by atoms with E-state index in [0.29, 0.717) is 29.2 Å². The van der Waals surface area contributed by atoms with Crippen LogP contribution in [0.15, 0.2) is 81.4 Å². The van der Waals surface area contributed by atoms with E-state index in [1.54, 1.807) is 48.5 Å². The normalized spacial score (nSPS) is 17.7. The van der Waals surface area contributed by atoms with Crippen LogP contribution in [0.5, 0.6) is 5.75 Å². The Morgan fingerprint density at radius 1 is 1.09 bits per heavy atom. The quantitative estimate of drug-likeness (QED) is 0.267. The number of ketones is 1. The molecule has 2 heterocycles. The fourth-order valence-corrected chi connectivity index (χ4v) is 3.95. The van der Waals surface area contributed by atoms with Gasteiger partial charge >= 0.3 is 0 Å². The molecule has 2 aromatic carbocycles. The van der Waals surface area contributed by atoms with Crippen LogP contribution in [-0.4, -0.2) is 28.3 Å². The Bertz CT molecular complexity index is 1130. The number of Topliss-reactive ketones (excluding diaryl/α,β-unsaturated/α-hetero) is 1. The van der Waals surface area contributed by atoms with Crippen LogP contribution < -0.4 is 4.74 Å². The van der Waals surface area contributed by atoms with E-state index < -0.39 is 17.7 Å². The van der Waals surface area contributed by atoms with Gasteiger partial charge in [0.05, 0.1) is 31.0 Å². The number of hydrogen-bond acceptors (Lipinski definition) is 5. The minimum atomic E-state index is -0.760. The van der Waals surface area contributed by atoms with Crippen molar-refractivity contribution in [1.29, 1.82) is 0 Å². The van der Waals surface area contributed by atoms with Gasteiger partial charge in [-0.05, 0) is 48.4 Å². The highest BCUT2D eigenvalue weighted by Crippen LogP contribution is 2.40. The van der Waals surface area contributed by atoms with Crippen LogP contribution in [0.25, 0.3) is 5.76 Å². The highest BCUT2D eigenvalue weighted by atomic mass is 79.9. The third-order valence-electron chi connectivity index (χ3n) is 5.23. The smallest absolute Gasteiger partial charge is 0.296 e. The van der Waals surface area contributed by atoms with Gasteiger partial charge in [-0.3, -0.25) is 9.59 Å². The van der Waals surface area contributed by atoms with E-state index >= 15 is 0 Å². The number of amides is 1. The van der Waals surface area contributed by atoms with E-state index in [1.807, 2.05) is 19.1 Å². The van der Waals surface area contributed by atoms with Crippen LogP contribution in [0, 0.1) is 0 Å². The molecule has 0 spiro atoms. The Balaban J connectivity index is 1.79. The van der Waals surface area contributed by atoms with Gasteiger partial charge in [-0.2, -0.15) is 0 Å². The van der Waals surface area contributed by atoms with Crippen molar-refractivity contribution in [2.24, 2.45) is 0 Å². The molecule has 6 nitrogen and oxygen atoms in total. The fraction of sp³-hybridized carbons (Fsp3) is 0.200. The number of rotatable bonds is 7. The number of carbonyl (C=O) groups excluding carboxylic acids is 2. The second kappa shape index (κ2) is 9.44. The molecule has 1 saturated heterocycles. The lowest BCUT2D eigenvalue weighted by Crippen LogP contribution is -2.29. The van der Waals surface area contributed by atoms with Crippen molar-refractivity contribution in [3.63, 3.8) is 0 Å². The summed E-state index contributed by atoms with van der Waals surface area (Å²) in [4.78, 5) is 27.4. The number of halogens is 1. The number of likely N-dealkylation sites (tertiary alicyclic amines) is 1. The minimum Gasteiger partial charge on any atom is -0.507 e. The van der Waals surface area contributed by atoms with Crippen molar-refractivity contribution in [2.45, 2.75) is 25.9 Å². The number of benzene rings is 2. The third-order valence-corrected chi connectivity index (χ3v) is 5.76. The summed E-state index contributed by atoms with van der Waals surface area (Å²) in [5.74, 6) is -0.381. The van der Waals surface area contributed by atoms with E-state index in [4.69, 9.17) is 9.15 Å². The summed E-state index contributed by atoms with van der Waals surface area (Å²) < 4.78 is 11.9. The van der Waals surface area contributed by atoms with E-state index in [0.717, 1.165) is 10.9 Å². The molecule has 32 heavy (non-hydrogen) atoms. The summed E-state index contributed by atoms with van der Waals surface area (Å²) >= 11 is 3.37. The molecule has 0 aliphatic carbocycles. The highest BCUT2D eigenvalue weighted by molar-refractivity contribution is 9.10. The first-order valence-electron chi connectivity index (χ1n) is 10.3. The topological polar surface area (TPSA) is 80.0 Å². The second-order valence-electron chi connectivity index (χ2n) is 7.43. The van der Waals surface area contributed by atoms with Gasteiger partial charge in [-0.25, -0.2) is 0 Å². The summed E-state index contributed by atoms with van der Waals surface area (Å²) in [5.41, 5.74) is 1.20. The van der Waals surface area contributed by atoms with Crippen LogP contribution in [0.3, 0.4) is 0 Å². The largest absolute Gasteiger partial charge is 0.507 e. The van der Waals surface area contributed by atoms with Crippen molar-refractivity contribution in [1.82, 2.24) is 4.90 Å². The van der Waals surface area contributed by atoms with Crippen molar-refractivity contribution in [3.05, 3.63) is 93.9 Å². The van der Waals surface area contributed by atoms with Gasteiger partial charge < -0.3 is 19.2 Å². The molecule has 0 saturated carbocycles. The first kappa shape index (κ1) is 21.9. The number of nitrogens with zero attached hydrogens (tertiary/aromatic N) is 1. The molecule has 1 amide bonds. The Morgan fingerprint density at radius 3 is 2.44 bits per heavy atom. The maximum atomic E-state index is 13.0. The summed E-state index contributed by atoms with van der Waals surface area (Å²) in [6, 6.07) is 16.9. The van der Waals surface area contributed by atoms with Gasteiger partial charge in [0.15, 0.2) is 0 Å². The summed E-state index contributed by atoms with van der Waals surface area (Å²) in [7, 11) is 0. The van der Waals surface area contributed by atoms with Crippen LogP contribution in [-0.2, 0) is 16.1 Å². The molecule has 0 radical (unpaired) electrons. The number of carbonyl (C=O) groups is 2. The number of furan rings is 1. The van der Waals surface area contributed by atoms with Crippen LogP contribution >= 0.6 is 15.9 Å². The number of hydrogen-bond donors (Lipinski definition) is 1. The van der Waals surface area contributed by atoms with Crippen molar-refractivity contribution >= 4 is 33.4 Å². The van der Waals surface area contributed by atoms with Crippen LogP contribution in [0.4, 0.5) is 0 Å². The number of aliphatic hydroxyl groups excluding tert-OH is 1. The molecule has 1 atom stereocenters.